The molecule has 0 aliphatic heterocycles. The zero-order chi connectivity index (χ0) is 34.0. The highest BCUT2D eigenvalue weighted by molar-refractivity contribution is 5.67. The number of hydrogen-bond acceptors (Lipinski definition) is 5. The minimum Gasteiger partial charge on any atom is -0.446 e. The van der Waals surface area contributed by atoms with Gasteiger partial charge < -0.3 is 24.8 Å². The van der Waals surface area contributed by atoms with Crippen LogP contribution in [0, 0.1) is 40.4 Å². The summed E-state index contributed by atoms with van der Waals surface area (Å²) in [6, 6.07) is 0. The summed E-state index contributed by atoms with van der Waals surface area (Å²) < 4.78 is 6.34. The molecule has 4 rings (SSSR count). The molecule has 0 heterocycles. The highest BCUT2D eigenvalue weighted by atomic mass is 16.6. The Balaban J connectivity index is 1.28. The molecule has 1 N–H and O–H groups in total. The van der Waals surface area contributed by atoms with Gasteiger partial charge in [-0.1, -0.05) is 58.6 Å². The first-order valence-corrected chi connectivity index (χ1v) is 20.1. The molecule has 0 saturated heterocycles. The summed E-state index contributed by atoms with van der Waals surface area (Å²) in [6.45, 7) is 15.9. The van der Waals surface area contributed by atoms with Crippen LogP contribution >= 0.6 is 0 Å². The maximum Gasteiger partial charge on any atom is 0.410 e. The summed E-state index contributed by atoms with van der Waals surface area (Å²) >= 11 is 0. The van der Waals surface area contributed by atoms with Crippen molar-refractivity contribution in [3.05, 3.63) is 11.6 Å². The molecule has 7 atom stereocenters. The Bertz CT molecular complexity index is 982. The monoisotopic (exact) mass is 657 g/mol. The minimum atomic E-state index is -0.0813. The van der Waals surface area contributed by atoms with Crippen LogP contribution in [0.25, 0.3) is 0 Å². The van der Waals surface area contributed by atoms with Crippen LogP contribution in [0.15, 0.2) is 11.6 Å². The molecule has 4 aliphatic carbocycles. The minimum absolute atomic E-state index is 0.0311. The first-order chi connectivity index (χ1) is 22.5. The number of amides is 1. The van der Waals surface area contributed by atoms with Crippen LogP contribution in [0.2, 0.25) is 0 Å². The smallest absolute Gasteiger partial charge is 0.410 e. The lowest BCUT2D eigenvalue weighted by Crippen LogP contribution is -2.50. The number of carbonyl (C=O) groups is 1. The predicted molar refractivity (Wildman–Crippen MR) is 199 cm³/mol. The van der Waals surface area contributed by atoms with Crippen molar-refractivity contribution < 1.29 is 9.53 Å². The second kappa shape index (κ2) is 18.2. The molecule has 6 nitrogen and oxygen atoms in total. The summed E-state index contributed by atoms with van der Waals surface area (Å²) in [5.41, 5.74) is 2.48. The summed E-state index contributed by atoms with van der Waals surface area (Å²) in [5, 5.41) is 3.25. The summed E-state index contributed by atoms with van der Waals surface area (Å²) in [7, 11) is 8.49. The first-order valence-electron chi connectivity index (χ1n) is 20.1. The summed E-state index contributed by atoms with van der Waals surface area (Å²) in [4.78, 5) is 20.3. The van der Waals surface area contributed by atoms with E-state index in [0.717, 1.165) is 101 Å². The van der Waals surface area contributed by atoms with Gasteiger partial charge in [-0.3, -0.25) is 0 Å². The molecule has 0 bridgehead atoms. The van der Waals surface area contributed by atoms with E-state index in [1.54, 1.807) is 5.57 Å². The van der Waals surface area contributed by atoms with Crippen molar-refractivity contribution in [2.45, 2.75) is 137 Å². The van der Waals surface area contributed by atoms with Crippen molar-refractivity contribution in [3.8, 4) is 0 Å². The molecule has 0 spiro atoms. The topological polar surface area (TPSA) is 48.0 Å². The van der Waals surface area contributed by atoms with Gasteiger partial charge in [0.2, 0.25) is 0 Å². The molecule has 0 aromatic carbocycles. The number of ether oxygens (including phenoxy) is 1. The average molecular weight is 657 g/mol. The van der Waals surface area contributed by atoms with E-state index >= 15 is 0 Å². The van der Waals surface area contributed by atoms with Crippen LogP contribution < -0.4 is 5.32 Å². The fourth-order valence-electron chi connectivity index (χ4n) is 10.7. The molecule has 1 amide bonds. The molecular weight excluding hydrogens is 580 g/mol. The molecule has 47 heavy (non-hydrogen) atoms. The van der Waals surface area contributed by atoms with Crippen molar-refractivity contribution in [3.63, 3.8) is 0 Å². The fourth-order valence-corrected chi connectivity index (χ4v) is 10.7. The Morgan fingerprint density at radius 3 is 2.38 bits per heavy atom. The van der Waals surface area contributed by atoms with E-state index in [2.05, 4.69) is 70.0 Å². The zero-order valence-corrected chi connectivity index (χ0v) is 32.3. The van der Waals surface area contributed by atoms with Gasteiger partial charge in [0, 0.05) is 19.5 Å². The van der Waals surface area contributed by atoms with E-state index in [-0.39, 0.29) is 12.2 Å². The van der Waals surface area contributed by atoms with Gasteiger partial charge in [-0.2, -0.15) is 0 Å². The SMILES string of the molecule is CNCCCN(CCCCN(C)CCCN(C)C)C(=O)OC1CCC2(C)C(=CCC3C2CCC2(C)C(CCCCC(C)C)CCC32)C1. The number of carbonyl (C=O) groups excluding carboxylic acids is 1. The third-order valence-electron chi connectivity index (χ3n) is 13.6. The molecule has 6 heteroatoms. The van der Waals surface area contributed by atoms with E-state index in [1.807, 2.05) is 11.9 Å². The number of hydrogen-bond donors (Lipinski definition) is 1. The van der Waals surface area contributed by atoms with Gasteiger partial charge in [0.1, 0.15) is 6.10 Å². The second-order valence-electron chi connectivity index (χ2n) is 17.6. The van der Waals surface area contributed by atoms with E-state index in [0.29, 0.717) is 10.8 Å². The third kappa shape index (κ3) is 10.2. The molecule has 3 saturated carbocycles. The molecule has 0 aromatic rings. The van der Waals surface area contributed by atoms with Crippen molar-refractivity contribution >= 4 is 6.09 Å². The normalized spacial score (nSPS) is 31.9. The van der Waals surface area contributed by atoms with Gasteiger partial charge in [0.15, 0.2) is 0 Å². The van der Waals surface area contributed by atoms with E-state index in [4.69, 9.17) is 4.74 Å². The molecular formula is C41H76N4O2. The van der Waals surface area contributed by atoms with Crippen LogP contribution in [-0.2, 0) is 4.74 Å². The largest absolute Gasteiger partial charge is 0.446 e. The second-order valence-corrected chi connectivity index (χ2v) is 17.6. The molecule has 0 radical (unpaired) electrons. The van der Waals surface area contributed by atoms with Gasteiger partial charge >= 0.3 is 6.09 Å². The lowest BCUT2D eigenvalue weighted by molar-refractivity contribution is -0.0534. The Morgan fingerprint density at radius 1 is 0.894 bits per heavy atom. The predicted octanol–water partition coefficient (Wildman–Crippen LogP) is 8.86. The van der Waals surface area contributed by atoms with Crippen LogP contribution in [-0.4, -0.2) is 94.4 Å². The number of fused-ring (bicyclic) bond motifs is 5. The Morgan fingerprint density at radius 2 is 1.64 bits per heavy atom. The number of unbranched alkanes of at least 4 members (excludes halogenated alkanes) is 2. The van der Waals surface area contributed by atoms with Crippen molar-refractivity contribution in [1.29, 1.82) is 0 Å². The molecule has 0 aromatic heterocycles. The molecule has 4 aliphatic rings. The number of rotatable bonds is 19. The van der Waals surface area contributed by atoms with Gasteiger partial charge in [-0.15, -0.1) is 0 Å². The number of nitrogens with zero attached hydrogens (tertiary/aromatic N) is 3. The Kier molecular flexibility index (Phi) is 15.0. The Labute approximate surface area is 291 Å². The third-order valence-corrected chi connectivity index (χ3v) is 13.6. The highest BCUT2D eigenvalue weighted by Crippen LogP contribution is 2.66. The highest BCUT2D eigenvalue weighted by Gasteiger charge is 2.58. The standard InChI is InChI=1S/C41H76N4O2/c1-32(2)15-9-10-16-33-18-20-37-36-19-17-34-31-35(21-23-41(34,4)38(36)22-24-40(33,37)3)47-39(46)45(30-13-25-42-5)29-12-11-27-44(8)28-14-26-43(6)7/h17,32-33,35-38,42H,9-16,18-31H2,1-8H3. The van der Waals surface area contributed by atoms with Crippen LogP contribution in [0.4, 0.5) is 4.79 Å². The van der Waals surface area contributed by atoms with Crippen molar-refractivity contribution in [2.75, 3.05) is 67.5 Å². The summed E-state index contributed by atoms with van der Waals surface area (Å²) in [5.74, 6) is 4.37. The fraction of sp³-hybridized carbons (Fsp3) is 0.927. The zero-order valence-electron chi connectivity index (χ0n) is 32.3. The van der Waals surface area contributed by atoms with Crippen LogP contribution in [0.1, 0.15) is 130 Å². The van der Waals surface area contributed by atoms with E-state index in [1.165, 1.54) is 70.6 Å². The van der Waals surface area contributed by atoms with Gasteiger partial charge in [-0.05, 0) is 172 Å². The lowest BCUT2D eigenvalue weighted by Gasteiger charge is -2.58. The first kappa shape index (κ1) is 38.7. The molecule has 3 fully saturated rings. The van der Waals surface area contributed by atoms with E-state index in [9.17, 15) is 4.79 Å². The number of nitrogens with one attached hydrogen (secondary N) is 1. The molecule has 7 unspecified atom stereocenters. The quantitative estimate of drug-likeness (QED) is 0.111. The Hall–Kier alpha value is -1.11. The van der Waals surface area contributed by atoms with Gasteiger partial charge in [-0.25, -0.2) is 4.79 Å². The van der Waals surface area contributed by atoms with Gasteiger partial charge in [0.05, 0.1) is 0 Å². The van der Waals surface area contributed by atoms with Crippen LogP contribution in [0.5, 0.6) is 0 Å². The maximum atomic E-state index is 13.6. The average Bonchev–Trinajstić information content (AvgIpc) is 3.36. The van der Waals surface area contributed by atoms with Gasteiger partial charge in [0.25, 0.3) is 0 Å². The van der Waals surface area contributed by atoms with Crippen LogP contribution in [0.3, 0.4) is 0 Å². The maximum absolute atomic E-state index is 13.6. The lowest BCUT2D eigenvalue weighted by atomic mass is 9.47. The molecule has 272 valence electrons. The summed E-state index contributed by atoms with van der Waals surface area (Å²) in [6.07, 6.45) is 22.8. The number of allylic oxidation sites excluding steroid dienone is 1. The van der Waals surface area contributed by atoms with Crippen molar-refractivity contribution in [1.82, 2.24) is 20.0 Å². The van der Waals surface area contributed by atoms with E-state index < -0.39 is 0 Å². The van der Waals surface area contributed by atoms with Crippen molar-refractivity contribution in [2.24, 2.45) is 40.4 Å².